The molecule has 1 aromatic carbocycles. The van der Waals surface area contributed by atoms with Gasteiger partial charge in [-0.25, -0.2) is 9.18 Å². The van der Waals surface area contributed by atoms with Crippen LogP contribution in [-0.4, -0.2) is 22.8 Å². The summed E-state index contributed by atoms with van der Waals surface area (Å²) in [5.41, 5.74) is -0.647. The van der Waals surface area contributed by atoms with Crippen molar-refractivity contribution in [2.45, 2.75) is 38.8 Å². The molecule has 0 saturated carbocycles. The number of carboxylic acid groups (broad SMARTS) is 1. The molecular formula is C14H17BrFNO4. The molecule has 0 aromatic heterocycles. The van der Waals surface area contributed by atoms with Gasteiger partial charge in [0.15, 0.2) is 0 Å². The number of benzene rings is 1. The predicted octanol–water partition coefficient (Wildman–Crippen LogP) is 3.63. The Balaban J connectivity index is 2.98. The monoisotopic (exact) mass is 361 g/mol. The van der Waals surface area contributed by atoms with Gasteiger partial charge < -0.3 is 15.2 Å². The zero-order valence-corrected chi connectivity index (χ0v) is 13.5. The van der Waals surface area contributed by atoms with E-state index in [1.807, 2.05) is 0 Å². The first kappa shape index (κ1) is 17.4. The highest BCUT2D eigenvalue weighted by molar-refractivity contribution is 9.10. The normalized spacial score (nSPS) is 12.6. The molecule has 2 N–H and O–H groups in total. The molecular weight excluding hydrogens is 345 g/mol. The lowest BCUT2D eigenvalue weighted by Crippen LogP contribution is -2.36. The number of carboxylic acids is 1. The van der Waals surface area contributed by atoms with Crippen molar-refractivity contribution >= 4 is 28.0 Å². The Labute approximate surface area is 130 Å². The van der Waals surface area contributed by atoms with Gasteiger partial charge in [0.2, 0.25) is 0 Å². The highest BCUT2D eigenvalue weighted by Gasteiger charge is 2.24. The van der Waals surface area contributed by atoms with Crippen LogP contribution >= 0.6 is 15.9 Å². The molecule has 5 nitrogen and oxygen atoms in total. The van der Waals surface area contributed by atoms with Crippen molar-refractivity contribution in [2.24, 2.45) is 0 Å². The Bertz CT molecular complexity index is 542. The summed E-state index contributed by atoms with van der Waals surface area (Å²) < 4.78 is 19.5. The Morgan fingerprint density at radius 2 is 2.05 bits per heavy atom. The molecule has 21 heavy (non-hydrogen) atoms. The average molecular weight is 362 g/mol. The molecule has 116 valence electrons. The minimum absolute atomic E-state index is 0.0811. The molecule has 1 amide bonds. The van der Waals surface area contributed by atoms with Crippen molar-refractivity contribution in [2.75, 3.05) is 0 Å². The average Bonchev–Trinajstić information content (AvgIpc) is 2.28. The van der Waals surface area contributed by atoms with Crippen molar-refractivity contribution < 1.29 is 23.8 Å². The number of ether oxygens (including phenoxy) is 1. The number of halogens is 2. The number of hydrogen-bond acceptors (Lipinski definition) is 3. The summed E-state index contributed by atoms with van der Waals surface area (Å²) in [5.74, 6) is -1.75. The molecule has 0 aliphatic carbocycles. The van der Waals surface area contributed by atoms with Crippen LogP contribution < -0.4 is 5.32 Å². The van der Waals surface area contributed by atoms with Gasteiger partial charge in [-0.1, -0.05) is 15.9 Å². The fraction of sp³-hybridized carbons (Fsp3) is 0.429. The van der Waals surface area contributed by atoms with Crippen LogP contribution in [-0.2, 0) is 9.53 Å². The summed E-state index contributed by atoms with van der Waals surface area (Å²) in [7, 11) is 0. The van der Waals surface area contributed by atoms with Crippen molar-refractivity contribution in [1.82, 2.24) is 5.32 Å². The fourth-order valence-corrected chi connectivity index (χ4v) is 2.02. The van der Waals surface area contributed by atoms with Gasteiger partial charge in [0.25, 0.3) is 0 Å². The van der Waals surface area contributed by atoms with E-state index < -0.39 is 35.9 Å². The fourth-order valence-electron chi connectivity index (χ4n) is 1.64. The second kappa shape index (κ2) is 6.89. The van der Waals surface area contributed by atoms with E-state index in [-0.39, 0.29) is 5.56 Å². The molecule has 0 radical (unpaired) electrons. The van der Waals surface area contributed by atoms with Crippen LogP contribution in [0.15, 0.2) is 22.7 Å². The van der Waals surface area contributed by atoms with E-state index in [1.165, 1.54) is 18.2 Å². The number of carbonyl (C=O) groups is 2. The van der Waals surface area contributed by atoms with Crippen LogP contribution in [0.1, 0.15) is 38.8 Å². The number of amides is 1. The van der Waals surface area contributed by atoms with Crippen LogP contribution in [0.4, 0.5) is 9.18 Å². The summed E-state index contributed by atoms with van der Waals surface area (Å²) in [5, 5.41) is 11.3. The summed E-state index contributed by atoms with van der Waals surface area (Å²) in [6.45, 7) is 5.04. The molecule has 0 bridgehead atoms. The lowest BCUT2D eigenvalue weighted by atomic mass is 10.0. The van der Waals surface area contributed by atoms with E-state index in [9.17, 15) is 14.0 Å². The van der Waals surface area contributed by atoms with Crippen molar-refractivity contribution in [3.63, 3.8) is 0 Å². The van der Waals surface area contributed by atoms with Crippen molar-refractivity contribution in [3.05, 3.63) is 34.1 Å². The van der Waals surface area contributed by atoms with Crippen molar-refractivity contribution in [1.29, 1.82) is 0 Å². The zero-order valence-electron chi connectivity index (χ0n) is 11.9. The predicted molar refractivity (Wildman–Crippen MR) is 78.5 cm³/mol. The number of carbonyl (C=O) groups excluding carboxylic acids is 1. The number of nitrogens with one attached hydrogen (secondary N) is 1. The lowest BCUT2D eigenvalue weighted by molar-refractivity contribution is -0.137. The summed E-state index contributed by atoms with van der Waals surface area (Å²) >= 11 is 3.19. The summed E-state index contributed by atoms with van der Waals surface area (Å²) in [6.07, 6.45) is -1.25. The molecule has 0 aliphatic heterocycles. The molecule has 0 saturated heterocycles. The lowest BCUT2D eigenvalue weighted by Gasteiger charge is -2.23. The molecule has 1 unspecified atom stereocenters. The van der Waals surface area contributed by atoms with E-state index in [4.69, 9.17) is 9.84 Å². The van der Waals surface area contributed by atoms with Gasteiger partial charge in [-0.2, -0.15) is 0 Å². The maximum Gasteiger partial charge on any atom is 0.408 e. The first-order valence-electron chi connectivity index (χ1n) is 6.25. The molecule has 0 aliphatic rings. The number of alkyl carbamates (subject to hydrolysis) is 1. The van der Waals surface area contributed by atoms with Gasteiger partial charge in [0.1, 0.15) is 11.4 Å². The third kappa shape index (κ3) is 6.12. The molecule has 1 rings (SSSR count). The smallest absolute Gasteiger partial charge is 0.408 e. The first-order chi connectivity index (χ1) is 9.58. The summed E-state index contributed by atoms with van der Waals surface area (Å²) in [6, 6.07) is 3.10. The molecule has 1 atom stereocenters. The Morgan fingerprint density at radius 1 is 1.43 bits per heavy atom. The van der Waals surface area contributed by atoms with Crippen LogP contribution in [0.2, 0.25) is 0 Å². The minimum atomic E-state index is -1.16. The molecule has 7 heteroatoms. The van der Waals surface area contributed by atoms with Crippen LogP contribution in [0, 0.1) is 5.82 Å². The topological polar surface area (TPSA) is 75.6 Å². The maximum atomic E-state index is 13.9. The van der Waals surface area contributed by atoms with Crippen molar-refractivity contribution in [3.8, 4) is 0 Å². The largest absolute Gasteiger partial charge is 0.481 e. The summed E-state index contributed by atoms with van der Waals surface area (Å²) in [4.78, 5) is 22.7. The quantitative estimate of drug-likeness (QED) is 0.858. The third-order valence-electron chi connectivity index (χ3n) is 2.40. The van der Waals surface area contributed by atoms with E-state index in [2.05, 4.69) is 21.2 Å². The van der Waals surface area contributed by atoms with Gasteiger partial charge in [-0.05, 0) is 39.0 Å². The SMILES string of the molecule is CC(C)(C)OC(=O)NC(CC(=O)O)c1cc(Br)ccc1F. The highest BCUT2D eigenvalue weighted by atomic mass is 79.9. The Kier molecular flexibility index (Phi) is 5.71. The molecule has 0 heterocycles. The van der Waals surface area contributed by atoms with Crippen LogP contribution in [0.25, 0.3) is 0 Å². The highest BCUT2D eigenvalue weighted by Crippen LogP contribution is 2.24. The zero-order chi connectivity index (χ0) is 16.2. The van der Waals surface area contributed by atoms with Crippen LogP contribution in [0.3, 0.4) is 0 Å². The van der Waals surface area contributed by atoms with E-state index >= 15 is 0 Å². The first-order valence-corrected chi connectivity index (χ1v) is 7.04. The van der Waals surface area contributed by atoms with Gasteiger partial charge in [-0.15, -0.1) is 0 Å². The van der Waals surface area contributed by atoms with Gasteiger partial charge in [0.05, 0.1) is 12.5 Å². The second-order valence-corrected chi connectivity index (χ2v) is 6.38. The maximum absolute atomic E-state index is 13.9. The van der Waals surface area contributed by atoms with Gasteiger partial charge in [-0.3, -0.25) is 4.79 Å². The minimum Gasteiger partial charge on any atom is -0.481 e. The number of aliphatic carboxylic acids is 1. The van der Waals surface area contributed by atoms with Crippen LogP contribution in [0.5, 0.6) is 0 Å². The number of rotatable bonds is 4. The third-order valence-corrected chi connectivity index (χ3v) is 2.90. The second-order valence-electron chi connectivity index (χ2n) is 5.46. The van der Waals surface area contributed by atoms with E-state index in [0.29, 0.717) is 4.47 Å². The number of hydrogen-bond donors (Lipinski definition) is 2. The Morgan fingerprint density at radius 3 is 2.57 bits per heavy atom. The van der Waals surface area contributed by atoms with Gasteiger partial charge >= 0.3 is 12.1 Å². The standard InChI is InChI=1S/C14H17BrFNO4/c1-14(2,3)21-13(20)17-11(7-12(18)19)9-6-8(15)4-5-10(9)16/h4-6,11H,7H2,1-3H3,(H,17,20)(H,18,19). The Hall–Kier alpha value is -1.63. The molecule has 0 spiro atoms. The van der Waals surface area contributed by atoms with E-state index in [1.54, 1.807) is 20.8 Å². The molecule has 1 aromatic rings. The van der Waals surface area contributed by atoms with Gasteiger partial charge in [0, 0.05) is 10.0 Å². The van der Waals surface area contributed by atoms with E-state index in [0.717, 1.165) is 0 Å². The molecule has 0 fully saturated rings.